The summed E-state index contributed by atoms with van der Waals surface area (Å²) in [5.41, 5.74) is 5.56. The minimum atomic E-state index is -0.506. The summed E-state index contributed by atoms with van der Waals surface area (Å²) >= 11 is 0. The van der Waals surface area contributed by atoms with Crippen molar-refractivity contribution in [3.63, 3.8) is 0 Å². The Kier molecular flexibility index (Phi) is 12.1. The zero-order chi connectivity index (χ0) is 14.5. The second kappa shape index (κ2) is 12.5. The lowest BCUT2D eigenvalue weighted by Crippen LogP contribution is -2.32. The number of unbranched alkanes of at least 4 members (excludes halogenated alkanes) is 6. The van der Waals surface area contributed by atoms with E-state index in [2.05, 4.69) is 13.8 Å². The molecule has 0 aromatic rings. The predicted molar refractivity (Wildman–Crippen MR) is 81.0 cm³/mol. The Bertz CT molecular complexity index is 205. The van der Waals surface area contributed by atoms with Crippen molar-refractivity contribution < 1.29 is 9.53 Å². The van der Waals surface area contributed by atoms with Crippen molar-refractivity contribution in [2.45, 2.75) is 97.1 Å². The van der Waals surface area contributed by atoms with Gasteiger partial charge in [0.1, 0.15) is 12.1 Å². The maximum Gasteiger partial charge on any atom is 0.322 e. The van der Waals surface area contributed by atoms with Crippen LogP contribution in [0.25, 0.3) is 0 Å². The number of hydrogen-bond acceptors (Lipinski definition) is 3. The third-order valence-electron chi connectivity index (χ3n) is 3.41. The average molecular weight is 271 g/mol. The highest BCUT2D eigenvalue weighted by Gasteiger charge is 2.16. The summed E-state index contributed by atoms with van der Waals surface area (Å²) < 4.78 is 5.51. The number of nitrogens with two attached hydrogens (primary N) is 1. The zero-order valence-electron chi connectivity index (χ0n) is 13.1. The molecule has 0 aliphatic heterocycles. The molecule has 0 aliphatic carbocycles. The molecule has 114 valence electrons. The van der Waals surface area contributed by atoms with E-state index in [1.54, 1.807) is 6.92 Å². The first kappa shape index (κ1) is 18.4. The Morgan fingerprint density at radius 2 is 1.42 bits per heavy atom. The molecule has 0 amide bonds. The Morgan fingerprint density at radius 1 is 0.947 bits per heavy atom. The van der Waals surface area contributed by atoms with Gasteiger partial charge in [-0.2, -0.15) is 0 Å². The van der Waals surface area contributed by atoms with Crippen LogP contribution in [0.3, 0.4) is 0 Å². The Labute approximate surface area is 119 Å². The lowest BCUT2D eigenvalue weighted by molar-refractivity contribution is -0.151. The molecule has 0 rings (SSSR count). The molecular weight excluding hydrogens is 238 g/mol. The molecule has 3 nitrogen and oxygen atoms in total. The predicted octanol–water partition coefficient (Wildman–Crippen LogP) is 4.19. The number of esters is 1. The lowest BCUT2D eigenvalue weighted by Gasteiger charge is -2.19. The first-order chi connectivity index (χ1) is 9.11. The molecule has 2 N–H and O–H groups in total. The van der Waals surface area contributed by atoms with Crippen molar-refractivity contribution >= 4 is 5.97 Å². The number of hydrogen-bond donors (Lipinski definition) is 1. The highest BCUT2D eigenvalue weighted by Crippen LogP contribution is 2.16. The fraction of sp³-hybridized carbons (Fsp3) is 0.938. The molecular formula is C16H33NO2. The number of carbonyl (C=O) groups excluding carboxylic acids is 1. The van der Waals surface area contributed by atoms with Gasteiger partial charge in [-0.3, -0.25) is 4.79 Å². The molecule has 19 heavy (non-hydrogen) atoms. The summed E-state index contributed by atoms with van der Waals surface area (Å²) in [6, 6.07) is -0.506. The molecule has 0 unspecified atom stereocenters. The molecule has 0 spiro atoms. The number of carbonyl (C=O) groups is 1. The van der Waals surface area contributed by atoms with Crippen LogP contribution in [-0.2, 0) is 9.53 Å². The van der Waals surface area contributed by atoms with E-state index in [4.69, 9.17) is 10.5 Å². The molecule has 0 aliphatic rings. The van der Waals surface area contributed by atoms with Crippen LogP contribution >= 0.6 is 0 Å². The van der Waals surface area contributed by atoms with Gasteiger partial charge < -0.3 is 10.5 Å². The summed E-state index contributed by atoms with van der Waals surface area (Å²) in [6.45, 7) is 6.10. The van der Waals surface area contributed by atoms with Gasteiger partial charge in [-0.25, -0.2) is 0 Å². The highest BCUT2D eigenvalue weighted by molar-refractivity contribution is 5.75. The fourth-order valence-electron chi connectivity index (χ4n) is 2.13. The van der Waals surface area contributed by atoms with Crippen LogP contribution in [0.2, 0.25) is 0 Å². The van der Waals surface area contributed by atoms with E-state index in [1.165, 1.54) is 38.5 Å². The van der Waals surface area contributed by atoms with E-state index >= 15 is 0 Å². The van der Waals surface area contributed by atoms with Crippen molar-refractivity contribution in [1.82, 2.24) is 0 Å². The van der Waals surface area contributed by atoms with E-state index in [-0.39, 0.29) is 12.1 Å². The summed E-state index contributed by atoms with van der Waals surface area (Å²) in [4.78, 5) is 11.6. The molecule has 0 aromatic heterocycles. The summed E-state index contributed by atoms with van der Waals surface area (Å²) in [6.07, 6.45) is 11.8. The third-order valence-corrected chi connectivity index (χ3v) is 3.41. The molecule has 0 saturated heterocycles. The zero-order valence-corrected chi connectivity index (χ0v) is 13.1. The van der Waals surface area contributed by atoms with Crippen molar-refractivity contribution in [1.29, 1.82) is 0 Å². The second-order valence-electron chi connectivity index (χ2n) is 5.55. The summed E-state index contributed by atoms with van der Waals surface area (Å²) in [5, 5.41) is 0. The Morgan fingerprint density at radius 3 is 1.79 bits per heavy atom. The van der Waals surface area contributed by atoms with Gasteiger partial charge in [-0.15, -0.1) is 0 Å². The Hall–Kier alpha value is -0.570. The quantitative estimate of drug-likeness (QED) is 0.428. The molecule has 0 aromatic carbocycles. The van der Waals surface area contributed by atoms with Crippen LogP contribution in [0.5, 0.6) is 0 Å². The minimum absolute atomic E-state index is 0.0761. The van der Waals surface area contributed by atoms with Gasteiger partial charge >= 0.3 is 5.97 Å². The van der Waals surface area contributed by atoms with E-state index in [1.807, 2.05) is 0 Å². The number of ether oxygens (including phenoxy) is 1. The van der Waals surface area contributed by atoms with Gasteiger partial charge in [0.05, 0.1) is 0 Å². The smallest absolute Gasteiger partial charge is 0.322 e. The monoisotopic (exact) mass is 271 g/mol. The standard InChI is InChI=1S/C16H33NO2/c1-4-6-8-10-12-15(13-11-9-7-5-2)19-16(18)14(3)17/h14-15H,4-13,17H2,1-3H3/t14-/m1/s1. The van der Waals surface area contributed by atoms with Gasteiger partial charge in [0.25, 0.3) is 0 Å². The van der Waals surface area contributed by atoms with E-state index in [9.17, 15) is 4.79 Å². The first-order valence-electron chi connectivity index (χ1n) is 8.07. The van der Waals surface area contributed by atoms with Gasteiger partial charge in [0.2, 0.25) is 0 Å². The minimum Gasteiger partial charge on any atom is -0.461 e. The van der Waals surface area contributed by atoms with Crippen molar-refractivity contribution in [2.24, 2.45) is 5.73 Å². The maximum atomic E-state index is 11.6. The largest absolute Gasteiger partial charge is 0.461 e. The van der Waals surface area contributed by atoms with Crippen LogP contribution in [0, 0.1) is 0 Å². The fourth-order valence-corrected chi connectivity index (χ4v) is 2.13. The van der Waals surface area contributed by atoms with Gasteiger partial charge in [0, 0.05) is 0 Å². The van der Waals surface area contributed by atoms with Gasteiger partial charge in [0.15, 0.2) is 0 Å². The molecule has 0 saturated carbocycles. The maximum absolute atomic E-state index is 11.6. The van der Waals surface area contributed by atoms with Crippen LogP contribution in [0.1, 0.15) is 85.0 Å². The van der Waals surface area contributed by atoms with Crippen molar-refractivity contribution in [3.8, 4) is 0 Å². The molecule has 3 heteroatoms. The normalized spacial score (nSPS) is 12.7. The molecule has 0 bridgehead atoms. The topological polar surface area (TPSA) is 52.3 Å². The van der Waals surface area contributed by atoms with Crippen LogP contribution in [-0.4, -0.2) is 18.1 Å². The van der Waals surface area contributed by atoms with Crippen molar-refractivity contribution in [3.05, 3.63) is 0 Å². The first-order valence-corrected chi connectivity index (χ1v) is 8.07. The highest BCUT2D eigenvalue weighted by atomic mass is 16.5. The van der Waals surface area contributed by atoms with Crippen LogP contribution in [0.4, 0.5) is 0 Å². The SMILES string of the molecule is CCCCCCC(CCCCCC)OC(=O)[C@@H](C)N. The van der Waals surface area contributed by atoms with Crippen molar-refractivity contribution in [2.75, 3.05) is 0 Å². The Balaban J connectivity index is 3.95. The number of rotatable bonds is 12. The second-order valence-corrected chi connectivity index (χ2v) is 5.55. The van der Waals surface area contributed by atoms with E-state index in [0.717, 1.165) is 25.7 Å². The summed E-state index contributed by atoms with van der Waals surface area (Å²) in [5.74, 6) is -0.254. The summed E-state index contributed by atoms with van der Waals surface area (Å²) in [7, 11) is 0. The van der Waals surface area contributed by atoms with Gasteiger partial charge in [-0.05, 0) is 32.6 Å². The molecule has 0 heterocycles. The van der Waals surface area contributed by atoms with Gasteiger partial charge in [-0.1, -0.05) is 52.4 Å². The van der Waals surface area contributed by atoms with E-state index < -0.39 is 6.04 Å². The average Bonchev–Trinajstić information content (AvgIpc) is 2.38. The third kappa shape index (κ3) is 11.0. The van der Waals surface area contributed by atoms with Crippen LogP contribution in [0.15, 0.2) is 0 Å². The molecule has 1 atom stereocenters. The molecule has 0 fully saturated rings. The van der Waals surface area contributed by atoms with E-state index in [0.29, 0.717) is 0 Å². The van der Waals surface area contributed by atoms with Crippen LogP contribution < -0.4 is 5.73 Å². The molecule has 0 radical (unpaired) electrons. The lowest BCUT2D eigenvalue weighted by atomic mass is 10.0.